The highest BCUT2D eigenvalue weighted by Crippen LogP contribution is 2.30. The molecule has 17 heavy (non-hydrogen) atoms. The fourth-order valence-electron chi connectivity index (χ4n) is 1.57. The standard InChI is InChI=1S/C12H13NO3S/c1-8(14)13-9-2-4-10(5-3-9)17-11-6-7-16-12(11)15/h2-5,11H,6-7H2,1H3,(H,13,14)/t11-/m1/s1. The number of hydrogen-bond donors (Lipinski definition) is 1. The fourth-order valence-corrected chi connectivity index (χ4v) is 2.57. The number of anilines is 1. The molecule has 90 valence electrons. The fraction of sp³-hybridized carbons (Fsp3) is 0.333. The number of ether oxygens (including phenoxy) is 1. The van der Waals surface area contributed by atoms with E-state index < -0.39 is 0 Å². The van der Waals surface area contributed by atoms with Gasteiger partial charge in [-0.15, -0.1) is 11.8 Å². The van der Waals surface area contributed by atoms with Crippen molar-refractivity contribution in [3.8, 4) is 0 Å². The van der Waals surface area contributed by atoms with Crippen molar-refractivity contribution in [1.29, 1.82) is 0 Å². The van der Waals surface area contributed by atoms with Crippen LogP contribution in [-0.2, 0) is 14.3 Å². The molecule has 1 saturated heterocycles. The van der Waals surface area contributed by atoms with Crippen molar-refractivity contribution in [2.45, 2.75) is 23.5 Å². The lowest BCUT2D eigenvalue weighted by molar-refractivity contribution is -0.137. The predicted octanol–water partition coefficient (Wildman–Crippen LogP) is 2.05. The van der Waals surface area contributed by atoms with Gasteiger partial charge in [0, 0.05) is 23.9 Å². The number of nitrogens with one attached hydrogen (secondary N) is 1. The second-order valence-corrected chi connectivity index (χ2v) is 5.04. The molecule has 1 N–H and O–H groups in total. The molecule has 1 heterocycles. The number of hydrogen-bond acceptors (Lipinski definition) is 4. The van der Waals surface area contributed by atoms with Gasteiger partial charge in [-0.2, -0.15) is 0 Å². The molecule has 1 aliphatic rings. The number of carbonyl (C=O) groups is 2. The summed E-state index contributed by atoms with van der Waals surface area (Å²) in [4.78, 5) is 23.1. The van der Waals surface area contributed by atoms with Crippen molar-refractivity contribution >= 4 is 29.3 Å². The quantitative estimate of drug-likeness (QED) is 0.835. The molecule has 4 nitrogen and oxygen atoms in total. The lowest BCUT2D eigenvalue weighted by Gasteiger charge is -2.06. The minimum absolute atomic E-state index is 0.0928. The number of cyclic esters (lactones) is 1. The Bertz CT molecular complexity index is 430. The summed E-state index contributed by atoms with van der Waals surface area (Å²) in [7, 11) is 0. The third-order valence-electron chi connectivity index (χ3n) is 2.34. The lowest BCUT2D eigenvalue weighted by Crippen LogP contribution is -2.09. The zero-order valence-corrected chi connectivity index (χ0v) is 10.3. The number of rotatable bonds is 3. The smallest absolute Gasteiger partial charge is 0.319 e. The highest BCUT2D eigenvalue weighted by atomic mass is 32.2. The van der Waals surface area contributed by atoms with Crippen LogP contribution in [0.5, 0.6) is 0 Å². The number of esters is 1. The van der Waals surface area contributed by atoms with Crippen LogP contribution in [0.4, 0.5) is 5.69 Å². The molecule has 0 aromatic heterocycles. The summed E-state index contributed by atoms with van der Waals surface area (Å²) in [5.74, 6) is -0.231. The molecule has 0 bridgehead atoms. The van der Waals surface area contributed by atoms with Crippen molar-refractivity contribution in [3.63, 3.8) is 0 Å². The Labute approximate surface area is 104 Å². The van der Waals surface area contributed by atoms with E-state index in [2.05, 4.69) is 5.32 Å². The van der Waals surface area contributed by atoms with E-state index in [-0.39, 0.29) is 17.1 Å². The molecule has 5 heteroatoms. The first-order chi connectivity index (χ1) is 8.15. The molecule has 2 rings (SSSR count). The third-order valence-corrected chi connectivity index (χ3v) is 3.60. The summed E-state index contributed by atoms with van der Waals surface area (Å²) in [5, 5.41) is 2.60. The van der Waals surface area contributed by atoms with Gasteiger partial charge in [-0.05, 0) is 24.3 Å². The summed E-state index contributed by atoms with van der Waals surface area (Å²) in [6.45, 7) is 1.98. The minimum Gasteiger partial charge on any atom is -0.465 e. The van der Waals surface area contributed by atoms with Gasteiger partial charge in [-0.25, -0.2) is 0 Å². The Hall–Kier alpha value is -1.49. The van der Waals surface area contributed by atoms with Crippen LogP contribution in [0.2, 0.25) is 0 Å². The number of carbonyl (C=O) groups excluding carboxylic acids is 2. The molecule has 1 aliphatic heterocycles. The first kappa shape index (κ1) is 12.0. The average Bonchev–Trinajstić information content (AvgIpc) is 2.67. The molecule has 1 amide bonds. The third kappa shape index (κ3) is 3.23. The van der Waals surface area contributed by atoms with Crippen LogP contribution in [-0.4, -0.2) is 23.7 Å². The minimum atomic E-state index is -0.138. The number of amides is 1. The molecule has 1 fully saturated rings. The van der Waals surface area contributed by atoms with Crippen molar-refractivity contribution < 1.29 is 14.3 Å². The molecule has 0 saturated carbocycles. The van der Waals surface area contributed by atoms with Crippen molar-refractivity contribution in [2.75, 3.05) is 11.9 Å². The summed E-state index contributed by atoms with van der Waals surface area (Å²) in [5.41, 5.74) is 0.760. The van der Waals surface area contributed by atoms with Gasteiger partial charge in [0.1, 0.15) is 5.25 Å². The first-order valence-corrected chi connectivity index (χ1v) is 6.24. The molecule has 0 spiro atoms. The van der Waals surface area contributed by atoms with Gasteiger partial charge in [0.2, 0.25) is 5.91 Å². The highest BCUT2D eigenvalue weighted by molar-refractivity contribution is 8.00. The molecule has 0 aliphatic carbocycles. The van der Waals surface area contributed by atoms with E-state index in [1.165, 1.54) is 18.7 Å². The molecular formula is C12H13NO3S. The average molecular weight is 251 g/mol. The maximum absolute atomic E-state index is 11.3. The van der Waals surface area contributed by atoms with Gasteiger partial charge in [0.15, 0.2) is 0 Å². The molecule has 0 unspecified atom stereocenters. The number of benzene rings is 1. The Morgan fingerprint density at radius 1 is 1.41 bits per heavy atom. The predicted molar refractivity (Wildman–Crippen MR) is 66.0 cm³/mol. The van der Waals surface area contributed by atoms with Crippen LogP contribution in [0.3, 0.4) is 0 Å². The van der Waals surface area contributed by atoms with Crippen LogP contribution in [0.15, 0.2) is 29.2 Å². The van der Waals surface area contributed by atoms with Crippen LogP contribution >= 0.6 is 11.8 Å². The van der Waals surface area contributed by atoms with E-state index in [1.54, 1.807) is 0 Å². The van der Waals surface area contributed by atoms with Gasteiger partial charge in [0.25, 0.3) is 0 Å². The Morgan fingerprint density at radius 3 is 2.65 bits per heavy atom. The van der Waals surface area contributed by atoms with E-state index in [0.717, 1.165) is 17.0 Å². The zero-order valence-electron chi connectivity index (χ0n) is 9.43. The number of thioether (sulfide) groups is 1. The summed E-state index contributed by atoms with van der Waals surface area (Å²) >= 11 is 1.50. The van der Waals surface area contributed by atoms with Gasteiger partial charge < -0.3 is 10.1 Å². The lowest BCUT2D eigenvalue weighted by atomic mass is 10.3. The Morgan fingerprint density at radius 2 is 2.12 bits per heavy atom. The van der Waals surface area contributed by atoms with Crippen molar-refractivity contribution in [1.82, 2.24) is 0 Å². The first-order valence-electron chi connectivity index (χ1n) is 5.36. The normalized spacial score (nSPS) is 18.9. The van der Waals surface area contributed by atoms with E-state index in [4.69, 9.17) is 4.74 Å². The molecule has 1 atom stereocenters. The van der Waals surface area contributed by atoms with Gasteiger partial charge in [-0.1, -0.05) is 0 Å². The van der Waals surface area contributed by atoms with E-state index >= 15 is 0 Å². The van der Waals surface area contributed by atoms with Crippen LogP contribution in [0.1, 0.15) is 13.3 Å². The summed E-state index contributed by atoms with van der Waals surface area (Å²) < 4.78 is 4.90. The zero-order chi connectivity index (χ0) is 12.3. The molecule has 1 aromatic carbocycles. The molecule has 1 aromatic rings. The maximum Gasteiger partial charge on any atom is 0.319 e. The summed E-state index contributed by atoms with van der Waals surface area (Å²) in [6, 6.07) is 7.43. The van der Waals surface area contributed by atoms with Gasteiger partial charge in [-0.3, -0.25) is 9.59 Å². The van der Waals surface area contributed by atoms with Crippen molar-refractivity contribution in [3.05, 3.63) is 24.3 Å². The van der Waals surface area contributed by atoms with E-state index in [1.807, 2.05) is 24.3 Å². The molecule has 0 radical (unpaired) electrons. The van der Waals surface area contributed by atoms with Gasteiger partial charge in [0.05, 0.1) is 6.61 Å². The topological polar surface area (TPSA) is 55.4 Å². The van der Waals surface area contributed by atoms with Gasteiger partial charge >= 0.3 is 5.97 Å². The SMILES string of the molecule is CC(=O)Nc1ccc(S[C@@H]2CCOC2=O)cc1. The van der Waals surface area contributed by atoms with Crippen LogP contribution < -0.4 is 5.32 Å². The monoisotopic (exact) mass is 251 g/mol. The summed E-state index contributed by atoms with van der Waals surface area (Å²) in [6.07, 6.45) is 0.761. The van der Waals surface area contributed by atoms with E-state index in [0.29, 0.717) is 6.61 Å². The molecular weight excluding hydrogens is 238 g/mol. The highest BCUT2D eigenvalue weighted by Gasteiger charge is 2.27. The van der Waals surface area contributed by atoms with Crippen molar-refractivity contribution in [2.24, 2.45) is 0 Å². The van der Waals surface area contributed by atoms with Crippen LogP contribution in [0, 0.1) is 0 Å². The largest absolute Gasteiger partial charge is 0.465 e. The Kier molecular flexibility index (Phi) is 3.68. The second kappa shape index (κ2) is 5.23. The maximum atomic E-state index is 11.3. The van der Waals surface area contributed by atoms with E-state index in [9.17, 15) is 9.59 Å². The van der Waals surface area contributed by atoms with Crippen LogP contribution in [0.25, 0.3) is 0 Å². The Balaban J connectivity index is 1.98. The second-order valence-electron chi connectivity index (χ2n) is 3.77.